The summed E-state index contributed by atoms with van der Waals surface area (Å²) in [5.41, 5.74) is 1.87. The van der Waals surface area contributed by atoms with Crippen LogP contribution in [0.25, 0.3) is 0 Å². The molecule has 1 aliphatic rings. The number of esters is 1. The largest absolute Gasteiger partial charge is 0.463 e. The number of nitrogens with one attached hydrogen (secondary N) is 1. The molecule has 1 saturated heterocycles. The third-order valence-corrected chi connectivity index (χ3v) is 5.02. The minimum atomic E-state index is -0.797. The van der Waals surface area contributed by atoms with E-state index >= 15 is 0 Å². The van der Waals surface area contributed by atoms with Crippen molar-refractivity contribution in [3.05, 3.63) is 71.8 Å². The van der Waals surface area contributed by atoms with E-state index in [1.807, 2.05) is 60.7 Å². The van der Waals surface area contributed by atoms with Gasteiger partial charge in [0.15, 0.2) is 6.29 Å². The molecule has 2 aromatic carbocycles. The van der Waals surface area contributed by atoms with Gasteiger partial charge in [-0.3, -0.25) is 4.79 Å². The molecule has 0 aromatic heterocycles. The molecular formula is C24H29NO7. The average molecular weight is 443 g/mol. The van der Waals surface area contributed by atoms with E-state index in [0.717, 1.165) is 11.1 Å². The van der Waals surface area contributed by atoms with Gasteiger partial charge in [0, 0.05) is 20.5 Å². The second-order valence-corrected chi connectivity index (χ2v) is 7.47. The molecule has 0 bridgehead atoms. The van der Waals surface area contributed by atoms with E-state index in [1.165, 1.54) is 14.0 Å². The smallest absolute Gasteiger partial charge is 0.407 e. The summed E-state index contributed by atoms with van der Waals surface area (Å²) in [6.07, 6.45) is -1.86. The molecule has 8 nitrogen and oxygen atoms in total. The normalized spacial score (nSPS) is 22.7. The summed E-state index contributed by atoms with van der Waals surface area (Å²) in [5, 5.41) is 2.82. The van der Waals surface area contributed by atoms with Crippen molar-refractivity contribution in [3.8, 4) is 0 Å². The summed E-state index contributed by atoms with van der Waals surface area (Å²) in [7, 11) is 1.48. The van der Waals surface area contributed by atoms with Crippen molar-refractivity contribution in [2.24, 2.45) is 0 Å². The molecule has 1 fully saturated rings. The van der Waals surface area contributed by atoms with Gasteiger partial charge in [-0.25, -0.2) is 4.79 Å². The summed E-state index contributed by atoms with van der Waals surface area (Å²) in [5.74, 6) is -0.394. The van der Waals surface area contributed by atoms with Crippen LogP contribution in [0.1, 0.15) is 24.5 Å². The first-order chi connectivity index (χ1) is 15.5. The van der Waals surface area contributed by atoms with Gasteiger partial charge in [-0.15, -0.1) is 0 Å². The van der Waals surface area contributed by atoms with Crippen molar-refractivity contribution in [3.63, 3.8) is 0 Å². The first kappa shape index (κ1) is 23.7. The summed E-state index contributed by atoms with van der Waals surface area (Å²) in [6.45, 7) is 1.90. The van der Waals surface area contributed by atoms with E-state index in [1.54, 1.807) is 0 Å². The minimum absolute atomic E-state index is 0.0750. The average Bonchev–Trinajstić information content (AvgIpc) is 2.82. The number of methoxy groups -OCH3 is 1. The highest BCUT2D eigenvalue weighted by molar-refractivity contribution is 5.67. The minimum Gasteiger partial charge on any atom is -0.463 e. The molecule has 8 heteroatoms. The maximum absolute atomic E-state index is 12.5. The van der Waals surface area contributed by atoms with Crippen LogP contribution in [0.2, 0.25) is 0 Å². The fourth-order valence-corrected chi connectivity index (χ4v) is 3.44. The maximum atomic E-state index is 12.5. The van der Waals surface area contributed by atoms with E-state index in [0.29, 0.717) is 13.0 Å². The van der Waals surface area contributed by atoms with Crippen LogP contribution in [0.3, 0.4) is 0 Å². The lowest BCUT2D eigenvalue weighted by molar-refractivity contribution is -0.236. The molecule has 172 valence electrons. The lowest BCUT2D eigenvalue weighted by Gasteiger charge is -2.40. The van der Waals surface area contributed by atoms with Crippen LogP contribution < -0.4 is 5.32 Å². The number of amides is 1. The van der Waals surface area contributed by atoms with Crippen molar-refractivity contribution in [1.29, 1.82) is 0 Å². The van der Waals surface area contributed by atoms with Gasteiger partial charge < -0.3 is 29.0 Å². The van der Waals surface area contributed by atoms with Crippen molar-refractivity contribution in [2.45, 2.75) is 51.1 Å². The summed E-state index contributed by atoms with van der Waals surface area (Å²) >= 11 is 0. The Morgan fingerprint density at radius 3 is 2.19 bits per heavy atom. The molecule has 3 rings (SSSR count). The Labute approximate surface area is 187 Å². The van der Waals surface area contributed by atoms with Gasteiger partial charge in [0.05, 0.1) is 18.8 Å². The third kappa shape index (κ3) is 7.33. The van der Waals surface area contributed by atoms with Gasteiger partial charge in [-0.1, -0.05) is 60.7 Å². The zero-order valence-corrected chi connectivity index (χ0v) is 18.3. The Balaban J connectivity index is 1.65. The molecule has 1 heterocycles. The fraction of sp³-hybridized carbons (Fsp3) is 0.417. The number of ether oxygens (including phenoxy) is 5. The molecule has 2 unspecified atom stereocenters. The van der Waals surface area contributed by atoms with Gasteiger partial charge in [0.2, 0.25) is 0 Å². The zero-order valence-electron chi connectivity index (χ0n) is 18.3. The topological polar surface area (TPSA) is 92.3 Å². The monoisotopic (exact) mass is 443 g/mol. The summed E-state index contributed by atoms with van der Waals surface area (Å²) < 4.78 is 28.0. The van der Waals surface area contributed by atoms with Crippen LogP contribution in [0.15, 0.2) is 60.7 Å². The van der Waals surface area contributed by atoms with Crippen molar-refractivity contribution < 1.29 is 33.3 Å². The van der Waals surface area contributed by atoms with Crippen molar-refractivity contribution >= 4 is 12.1 Å². The number of benzene rings is 2. The fourth-order valence-electron chi connectivity index (χ4n) is 3.44. The number of alkyl carbamates (subject to hydrolysis) is 1. The van der Waals surface area contributed by atoms with Crippen molar-refractivity contribution in [1.82, 2.24) is 5.32 Å². The molecule has 1 aliphatic heterocycles. The Kier molecular flexibility index (Phi) is 9.03. The lowest BCUT2D eigenvalue weighted by Crippen LogP contribution is -2.59. The van der Waals surface area contributed by atoms with Gasteiger partial charge >= 0.3 is 12.1 Å². The van der Waals surface area contributed by atoms with Gasteiger partial charge in [-0.05, 0) is 11.1 Å². The van der Waals surface area contributed by atoms with Gasteiger partial charge in [0.25, 0.3) is 0 Å². The predicted molar refractivity (Wildman–Crippen MR) is 115 cm³/mol. The highest BCUT2D eigenvalue weighted by Crippen LogP contribution is 2.25. The van der Waals surface area contributed by atoms with Gasteiger partial charge in [0.1, 0.15) is 19.3 Å². The molecule has 4 atom stereocenters. The van der Waals surface area contributed by atoms with Crippen LogP contribution in [0.4, 0.5) is 4.79 Å². The van der Waals surface area contributed by atoms with Gasteiger partial charge in [-0.2, -0.15) is 0 Å². The van der Waals surface area contributed by atoms with Crippen LogP contribution in [0, 0.1) is 0 Å². The zero-order chi connectivity index (χ0) is 22.8. The standard InChI is InChI=1S/C24H29NO7/c1-17(26)29-16-20-13-21(30-14-18-9-5-3-6-10-18)22(23(28-2)32-20)25-24(27)31-15-19-11-7-4-8-12-19/h3-12,20-23H,13-16H2,1-2H3,(H,25,27)/t20?,21-,22?,23+/m1/s1. The molecule has 1 amide bonds. The van der Waals surface area contributed by atoms with E-state index in [-0.39, 0.29) is 13.2 Å². The first-order valence-corrected chi connectivity index (χ1v) is 10.5. The predicted octanol–water partition coefficient (Wildman–Crippen LogP) is 3.19. The van der Waals surface area contributed by atoms with Crippen LogP contribution >= 0.6 is 0 Å². The molecule has 32 heavy (non-hydrogen) atoms. The second kappa shape index (κ2) is 12.2. The maximum Gasteiger partial charge on any atom is 0.407 e. The van der Waals surface area contributed by atoms with Crippen LogP contribution in [-0.4, -0.2) is 50.3 Å². The number of hydrogen-bond acceptors (Lipinski definition) is 7. The molecule has 0 saturated carbocycles. The van der Waals surface area contributed by atoms with Crippen LogP contribution in [-0.2, 0) is 41.7 Å². The first-order valence-electron chi connectivity index (χ1n) is 10.5. The number of carbonyl (C=O) groups excluding carboxylic acids is 2. The lowest BCUT2D eigenvalue weighted by atomic mass is 10.00. The molecular weight excluding hydrogens is 414 g/mol. The molecule has 0 radical (unpaired) electrons. The summed E-state index contributed by atoms with van der Waals surface area (Å²) in [6, 6.07) is 18.5. The molecule has 2 aromatic rings. The second-order valence-electron chi connectivity index (χ2n) is 7.47. The number of rotatable bonds is 9. The highest BCUT2D eigenvalue weighted by Gasteiger charge is 2.41. The number of carbonyl (C=O) groups is 2. The number of hydrogen-bond donors (Lipinski definition) is 1. The van der Waals surface area contributed by atoms with E-state index in [4.69, 9.17) is 23.7 Å². The highest BCUT2D eigenvalue weighted by atomic mass is 16.7. The van der Waals surface area contributed by atoms with E-state index < -0.39 is 36.6 Å². The SMILES string of the molecule is CO[C@H]1OC(COC(C)=O)C[C@@H](OCc2ccccc2)C1NC(=O)OCc1ccccc1. The molecule has 0 aliphatic carbocycles. The third-order valence-electron chi connectivity index (χ3n) is 5.02. The Hall–Kier alpha value is -2.94. The van der Waals surface area contributed by atoms with Crippen molar-refractivity contribution in [2.75, 3.05) is 13.7 Å². The van der Waals surface area contributed by atoms with Crippen LogP contribution in [0.5, 0.6) is 0 Å². The molecule has 0 spiro atoms. The Morgan fingerprint density at radius 1 is 0.969 bits per heavy atom. The Bertz CT molecular complexity index is 846. The Morgan fingerprint density at radius 2 is 1.59 bits per heavy atom. The van der Waals surface area contributed by atoms with E-state index in [9.17, 15) is 9.59 Å². The van der Waals surface area contributed by atoms with E-state index in [2.05, 4.69) is 5.32 Å². The molecule has 1 N–H and O–H groups in total. The summed E-state index contributed by atoms with van der Waals surface area (Å²) in [4.78, 5) is 23.7. The quantitative estimate of drug-likeness (QED) is 0.595.